The molecule has 2 rings (SSSR count). The molecule has 21 heavy (non-hydrogen) atoms. The Hall–Kier alpha value is -1.84. The third kappa shape index (κ3) is 3.09. The van der Waals surface area contributed by atoms with Crippen LogP contribution in [0.25, 0.3) is 0 Å². The second-order valence-corrected chi connectivity index (χ2v) is 6.00. The van der Waals surface area contributed by atoms with Crippen molar-refractivity contribution in [1.82, 2.24) is 5.32 Å². The summed E-state index contributed by atoms with van der Waals surface area (Å²) in [5, 5.41) is 11.9. The Morgan fingerprint density at radius 2 is 2.10 bits per heavy atom. The fraction of sp³-hybridized carbons (Fsp3) is 0.529. The minimum absolute atomic E-state index is 0.171. The zero-order valence-electron chi connectivity index (χ0n) is 12.7. The monoisotopic (exact) mass is 289 g/mol. The van der Waals surface area contributed by atoms with Gasteiger partial charge >= 0.3 is 5.97 Å². The standard InChI is InChI=1S/C17H23NO3/c1-3-7-14(15(19)20)18-16(21)17(2)11-6-9-12-8-4-5-10-13(12)17/h4-5,8,10,14H,3,6-7,9,11H2,1-2H3,(H,18,21)(H,19,20). The molecule has 0 bridgehead atoms. The third-order valence-electron chi connectivity index (χ3n) is 4.42. The number of amides is 1. The zero-order chi connectivity index (χ0) is 15.5. The molecule has 0 aromatic heterocycles. The minimum atomic E-state index is -0.960. The summed E-state index contributed by atoms with van der Waals surface area (Å²) in [6.45, 7) is 3.84. The van der Waals surface area contributed by atoms with Crippen molar-refractivity contribution in [2.24, 2.45) is 0 Å². The van der Waals surface area contributed by atoms with Crippen LogP contribution in [-0.2, 0) is 21.4 Å². The Labute approximate surface area is 125 Å². The molecule has 1 aromatic rings. The average Bonchev–Trinajstić information content (AvgIpc) is 2.47. The Kier molecular flexibility index (Phi) is 4.66. The Bertz CT molecular complexity index is 541. The van der Waals surface area contributed by atoms with Crippen molar-refractivity contribution in [3.05, 3.63) is 35.4 Å². The first kappa shape index (κ1) is 15.5. The number of aliphatic carboxylic acids is 1. The molecule has 1 aliphatic rings. The van der Waals surface area contributed by atoms with Gasteiger partial charge in [0, 0.05) is 0 Å². The highest BCUT2D eigenvalue weighted by Crippen LogP contribution is 2.37. The number of aryl methyl sites for hydroxylation is 1. The highest BCUT2D eigenvalue weighted by molar-refractivity contribution is 5.91. The third-order valence-corrected chi connectivity index (χ3v) is 4.42. The molecule has 0 heterocycles. The van der Waals surface area contributed by atoms with E-state index in [2.05, 4.69) is 11.4 Å². The number of hydrogen-bond acceptors (Lipinski definition) is 2. The maximum atomic E-state index is 12.7. The van der Waals surface area contributed by atoms with Gasteiger partial charge in [0.2, 0.25) is 5.91 Å². The first-order valence-corrected chi connectivity index (χ1v) is 7.61. The number of hydrogen-bond donors (Lipinski definition) is 2. The van der Waals surface area contributed by atoms with Crippen molar-refractivity contribution in [1.29, 1.82) is 0 Å². The Morgan fingerprint density at radius 3 is 2.76 bits per heavy atom. The van der Waals surface area contributed by atoms with E-state index in [1.54, 1.807) is 0 Å². The van der Waals surface area contributed by atoms with Crippen LogP contribution in [0.2, 0.25) is 0 Å². The summed E-state index contributed by atoms with van der Waals surface area (Å²) in [6, 6.07) is 7.17. The van der Waals surface area contributed by atoms with E-state index >= 15 is 0 Å². The van der Waals surface area contributed by atoms with Crippen LogP contribution in [0.1, 0.15) is 50.7 Å². The zero-order valence-corrected chi connectivity index (χ0v) is 12.7. The van der Waals surface area contributed by atoms with Crippen LogP contribution >= 0.6 is 0 Å². The molecule has 0 aliphatic heterocycles. The summed E-state index contributed by atoms with van der Waals surface area (Å²) in [4.78, 5) is 23.9. The number of carbonyl (C=O) groups is 2. The van der Waals surface area contributed by atoms with Gasteiger partial charge in [0.25, 0.3) is 0 Å². The summed E-state index contributed by atoms with van der Waals surface area (Å²) < 4.78 is 0. The highest BCUT2D eigenvalue weighted by atomic mass is 16.4. The van der Waals surface area contributed by atoms with Gasteiger partial charge in [-0.1, -0.05) is 37.6 Å². The van der Waals surface area contributed by atoms with Crippen LogP contribution in [0, 0.1) is 0 Å². The number of benzene rings is 1. The van der Waals surface area contributed by atoms with E-state index in [-0.39, 0.29) is 5.91 Å². The molecule has 0 spiro atoms. The van der Waals surface area contributed by atoms with Gasteiger partial charge in [-0.25, -0.2) is 4.79 Å². The van der Waals surface area contributed by atoms with Gasteiger partial charge < -0.3 is 10.4 Å². The maximum absolute atomic E-state index is 12.7. The largest absolute Gasteiger partial charge is 0.480 e. The van der Waals surface area contributed by atoms with Gasteiger partial charge in [0.05, 0.1) is 5.41 Å². The second-order valence-electron chi connectivity index (χ2n) is 6.00. The van der Waals surface area contributed by atoms with Crippen LogP contribution in [-0.4, -0.2) is 23.0 Å². The number of nitrogens with one attached hydrogen (secondary N) is 1. The summed E-state index contributed by atoms with van der Waals surface area (Å²) >= 11 is 0. The van der Waals surface area contributed by atoms with Crippen molar-refractivity contribution in [3.63, 3.8) is 0 Å². The molecule has 0 saturated carbocycles. The second kappa shape index (κ2) is 6.29. The summed E-state index contributed by atoms with van der Waals surface area (Å²) in [5.74, 6) is -1.13. The van der Waals surface area contributed by atoms with Crippen molar-refractivity contribution < 1.29 is 14.7 Å². The molecule has 0 saturated heterocycles. The Balaban J connectivity index is 2.24. The summed E-state index contributed by atoms with van der Waals surface area (Å²) in [5.41, 5.74) is 1.61. The van der Waals surface area contributed by atoms with E-state index in [9.17, 15) is 14.7 Å². The maximum Gasteiger partial charge on any atom is 0.326 e. The molecule has 4 heteroatoms. The molecule has 0 fully saturated rings. The van der Waals surface area contributed by atoms with E-state index in [0.29, 0.717) is 6.42 Å². The number of fused-ring (bicyclic) bond motifs is 1. The lowest BCUT2D eigenvalue weighted by Crippen LogP contribution is -2.50. The molecule has 1 amide bonds. The first-order valence-electron chi connectivity index (χ1n) is 7.61. The molecule has 2 N–H and O–H groups in total. The molecular weight excluding hydrogens is 266 g/mol. The first-order chi connectivity index (χ1) is 9.99. The van der Waals surface area contributed by atoms with Gasteiger partial charge in [0.1, 0.15) is 6.04 Å². The van der Waals surface area contributed by atoms with Crippen molar-refractivity contribution in [2.45, 2.75) is 57.4 Å². The van der Waals surface area contributed by atoms with Crippen LogP contribution in [0.5, 0.6) is 0 Å². The van der Waals surface area contributed by atoms with E-state index in [0.717, 1.165) is 31.2 Å². The number of carbonyl (C=O) groups excluding carboxylic acids is 1. The molecule has 4 nitrogen and oxygen atoms in total. The van der Waals surface area contributed by atoms with Crippen LogP contribution < -0.4 is 5.32 Å². The number of carboxylic acids is 1. The SMILES string of the molecule is CCCC(NC(=O)C1(C)CCCc2ccccc21)C(=O)O. The quantitative estimate of drug-likeness (QED) is 0.875. The number of carboxylic acid groups (broad SMARTS) is 1. The fourth-order valence-electron chi connectivity index (χ4n) is 3.14. The number of rotatable bonds is 5. The van der Waals surface area contributed by atoms with Crippen LogP contribution in [0.4, 0.5) is 0 Å². The normalized spacial score (nSPS) is 22.2. The van der Waals surface area contributed by atoms with Gasteiger partial charge in [-0.3, -0.25) is 4.79 Å². The van der Waals surface area contributed by atoms with Gasteiger partial charge in [-0.15, -0.1) is 0 Å². The predicted octanol–water partition coefficient (Wildman–Crippen LogP) is 2.65. The molecule has 0 radical (unpaired) electrons. The summed E-state index contributed by atoms with van der Waals surface area (Å²) in [6.07, 6.45) is 3.88. The lowest BCUT2D eigenvalue weighted by molar-refractivity contribution is -0.143. The average molecular weight is 289 g/mol. The molecule has 114 valence electrons. The van der Waals surface area contributed by atoms with Crippen LogP contribution in [0.15, 0.2) is 24.3 Å². The van der Waals surface area contributed by atoms with Crippen molar-refractivity contribution in [2.75, 3.05) is 0 Å². The van der Waals surface area contributed by atoms with Gasteiger partial charge in [-0.2, -0.15) is 0 Å². The minimum Gasteiger partial charge on any atom is -0.480 e. The van der Waals surface area contributed by atoms with E-state index in [1.165, 1.54) is 5.56 Å². The molecule has 1 aromatic carbocycles. The summed E-state index contributed by atoms with van der Waals surface area (Å²) in [7, 11) is 0. The molecular formula is C17H23NO3. The lowest BCUT2D eigenvalue weighted by Gasteiger charge is -2.35. The van der Waals surface area contributed by atoms with E-state index in [4.69, 9.17) is 0 Å². The van der Waals surface area contributed by atoms with Gasteiger partial charge in [0.15, 0.2) is 0 Å². The van der Waals surface area contributed by atoms with Crippen molar-refractivity contribution in [3.8, 4) is 0 Å². The van der Waals surface area contributed by atoms with Gasteiger partial charge in [-0.05, 0) is 43.7 Å². The van der Waals surface area contributed by atoms with E-state index < -0.39 is 17.4 Å². The van der Waals surface area contributed by atoms with Crippen molar-refractivity contribution >= 4 is 11.9 Å². The molecule has 1 aliphatic carbocycles. The lowest BCUT2D eigenvalue weighted by atomic mass is 9.70. The molecule has 2 unspecified atom stereocenters. The highest BCUT2D eigenvalue weighted by Gasteiger charge is 2.40. The van der Waals surface area contributed by atoms with E-state index in [1.807, 2.05) is 32.0 Å². The Morgan fingerprint density at radius 1 is 1.38 bits per heavy atom. The smallest absolute Gasteiger partial charge is 0.326 e. The van der Waals surface area contributed by atoms with Crippen LogP contribution in [0.3, 0.4) is 0 Å². The predicted molar refractivity (Wildman–Crippen MR) is 81.2 cm³/mol. The molecule has 2 atom stereocenters. The fourth-order valence-corrected chi connectivity index (χ4v) is 3.14. The topological polar surface area (TPSA) is 66.4 Å².